The Kier molecular flexibility index (Phi) is 15.5. The third kappa shape index (κ3) is 14.5. The molecular formula is C20H40N2O. The summed E-state index contributed by atoms with van der Waals surface area (Å²) in [6.45, 7) is 14.4. The molecule has 0 aromatic carbocycles. The number of hydrogen-bond donors (Lipinski definition) is 1. The molecule has 0 spiro atoms. The lowest BCUT2D eigenvalue weighted by Gasteiger charge is -2.22. The van der Waals surface area contributed by atoms with E-state index in [4.69, 9.17) is 0 Å². The van der Waals surface area contributed by atoms with E-state index >= 15 is 0 Å². The van der Waals surface area contributed by atoms with E-state index in [1.54, 1.807) is 6.92 Å². The highest BCUT2D eigenvalue weighted by atomic mass is 16.1. The Morgan fingerprint density at radius 1 is 0.826 bits per heavy atom. The number of amides is 1. The zero-order valence-electron chi connectivity index (χ0n) is 16.0. The summed E-state index contributed by atoms with van der Waals surface area (Å²) >= 11 is 0. The van der Waals surface area contributed by atoms with Gasteiger partial charge < -0.3 is 10.2 Å². The fourth-order valence-corrected chi connectivity index (χ4v) is 2.67. The summed E-state index contributed by atoms with van der Waals surface area (Å²) in [7, 11) is 0. The third-order valence-electron chi connectivity index (χ3n) is 4.23. The predicted molar refractivity (Wildman–Crippen MR) is 102 cm³/mol. The van der Waals surface area contributed by atoms with Gasteiger partial charge in [-0.1, -0.05) is 59.0 Å². The largest absolute Gasteiger partial charge is 0.352 e. The van der Waals surface area contributed by atoms with Gasteiger partial charge in [-0.05, 0) is 52.2 Å². The van der Waals surface area contributed by atoms with Gasteiger partial charge >= 0.3 is 0 Å². The lowest BCUT2D eigenvalue weighted by Crippen LogP contribution is -2.29. The van der Waals surface area contributed by atoms with Crippen molar-refractivity contribution in [2.45, 2.75) is 85.0 Å². The van der Waals surface area contributed by atoms with Gasteiger partial charge in [-0.3, -0.25) is 4.79 Å². The molecular weight excluding hydrogens is 284 g/mol. The van der Waals surface area contributed by atoms with Crippen LogP contribution >= 0.6 is 0 Å². The second kappa shape index (κ2) is 16.0. The number of carbonyl (C=O) groups is 1. The summed E-state index contributed by atoms with van der Waals surface area (Å²) in [5, 5.41) is 2.92. The van der Waals surface area contributed by atoms with Crippen LogP contribution in [-0.2, 0) is 4.79 Å². The Morgan fingerprint density at radius 2 is 1.30 bits per heavy atom. The van der Waals surface area contributed by atoms with E-state index in [9.17, 15) is 4.79 Å². The molecule has 0 fully saturated rings. The standard InChI is InChI=1S/C20H40N2O/c1-5-7-9-12-16-22(17-13-10-8-6-2)18-14-11-15-21-20(23)19(3)4/h3,5-18H2,1-2,4H3,(H,21,23). The van der Waals surface area contributed by atoms with Gasteiger partial charge in [0.1, 0.15) is 0 Å². The van der Waals surface area contributed by atoms with E-state index in [2.05, 4.69) is 30.6 Å². The quantitative estimate of drug-likeness (QED) is 0.323. The number of unbranched alkanes of at least 4 members (excludes halogenated alkanes) is 7. The van der Waals surface area contributed by atoms with Crippen LogP contribution in [0.1, 0.15) is 85.0 Å². The SMILES string of the molecule is C=C(C)C(=O)NCCCCN(CCCCCC)CCCCCC. The highest BCUT2D eigenvalue weighted by Crippen LogP contribution is 2.06. The van der Waals surface area contributed by atoms with Crippen LogP contribution in [0.5, 0.6) is 0 Å². The smallest absolute Gasteiger partial charge is 0.246 e. The van der Waals surface area contributed by atoms with E-state index in [-0.39, 0.29) is 5.91 Å². The van der Waals surface area contributed by atoms with Crippen molar-refractivity contribution in [3.63, 3.8) is 0 Å². The molecule has 0 atom stereocenters. The van der Waals surface area contributed by atoms with Crippen LogP contribution in [0.15, 0.2) is 12.2 Å². The molecule has 0 aromatic rings. The van der Waals surface area contributed by atoms with Crippen molar-refractivity contribution in [3.05, 3.63) is 12.2 Å². The molecule has 0 saturated carbocycles. The van der Waals surface area contributed by atoms with Crippen LogP contribution < -0.4 is 5.32 Å². The summed E-state index contributed by atoms with van der Waals surface area (Å²) in [5.41, 5.74) is 0.596. The lowest BCUT2D eigenvalue weighted by atomic mass is 10.1. The Hall–Kier alpha value is -0.830. The minimum absolute atomic E-state index is 0.0130. The summed E-state index contributed by atoms with van der Waals surface area (Å²) in [6, 6.07) is 0. The molecule has 0 radical (unpaired) electrons. The van der Waals surface area contributed by atoms with Crippen LogP contribution in [-0.4, -0.2) is 37.0 Å². The molecule has 1 amide bonds. The minimum Gasteiger partial charge on any atom is -0.352 e. The molecule has 3 heteroatoms. The molecule has 0 unspecified atom stereocenters. The zero-order chi connectivity index (χ0) is 17.3. The summed E-state index contributed by atoms with van der Waals surface area (Å²) in [5.74, 6) is -0.0130. The Morgan fingerprint density at radius 3 is 1.74 bits per heavy atom. The van der Waals surface area contributed by atoms with Crippen molar-refractivity contribution in [2.75, 3.05) is 26.2 Å². The minimum atomic E-state index is -0.0130. The van der Waals surface area contributed by atoms with E-state index in [0.29, 0.717) is 5.57 Å². The van der Waals surface area contributed by atoms with E-state index in [1.165, 1.54) is 71.0 Å². The van der Waals surface area contributed by atoms with Gasteiger partial charge in [-0.2, -0.15) is 0 Å². The molecule has 0 aromatic heterocycles. The number of nitrogens with one attached hydrogen (secondary N) is 1. The first-order valence-electron chi connectivity index (χ1n) is 9.77. The fourth-order valence-electron chi connectivity index (χ4n) is 2.67. The van der Waals surface area contributed by atoms with E-state index in [0.717, 1.165) is 19.4 Å². The van der Waals surface area contributed by atoms with E-state index in [1.807, 2.05) is 0 Å². The first kappa shape index (κ1) is 22.2. The van der Waals surface area contributed by atoms with Crippen molar-refractivity contribution in [2.24, 2.45) is 0 Å². The molecule has 0 aliphatic carbocycles. The van der Waals surface area contributed by atoms with Gasteiger partial charge in [0.25, 0.3) is 0 Å². The van der Waals surface area contributed by atoms with Crippen LogP contribution in [0, 0.1) is 0 Å². The summed E-state index contributed by atoms with van der Waals surface area (Å²) in [6.07, 6.45) is 12.9. The van der Waals surface area contributed by atoms with Gasteiger partial charge in [-0.15, -0.1) is 0 Å². The average molecular weight is 325 g/mol. The molecule has 0 saturated heterocycles. The first-order valence-corrected chi connectivity index (χ1v) is 9.77. The highest BCUT2D eigenvalue weighted by molar-refractivity contribution is 5.91. The maximum atomic E-state index is 11.4. The average Bonchev–Trinajstić information content (AvgIpc) is 2.54. The molecule has 0 bridgehead atoms. The predicted octanol–water partition coefficient (Wildman–Crippen LogP) is 4.92. The van der Waals surface area contributed by atoms with Crippen molar-refractivity contribution in [3.8, 4) is 0 Å². The normalized spacial score (nSPS) is 11.0. The zero-order valence-corrected chi connectivity index (χ0v) is 16.0. The Labute approximate surface area is 144 Å². The van der Waals surface area contributed by atoms with Crippen molar-refractivity contribution < 1.29 is 4.79 Å². The monoisotopic (exact) mass is 324 g/mol. The second-order valence-corrected chi connectivity index (χ2v) is 6.71. The van der Waals surface area contributed by atoms with E-state index < -0.39 is 0 Å². The number of nitrogens with zero attached hydrogens (tertiary/aromatic N) is 1. The summed E-state index contributed by atoms with van der Waals surface area (Å²) in [4.78, 5) is 14.1. The maximum absolute atomic E-state index is 11.4. The van der Waals surface area contributed by atoms with Crippen LogP contribution in [0.4, 0.5) is 0 Å². The topological polar surface area (TPSA) is 32.3 Å². The second-order valence-electron chi connectivity index (χ2n) is 6.71. The fraction of sp³-hybridized carbons (Fsp3) is 0.850. The summed E-state index contributed by atoms with van der Waals surface area (Å²) < 4.78 is 0. The molecule has 136 valence electrons. The number of hydrogen-bond acceptors (Lipinski definition) is 2. The molecule has 0 aliphatic rings. The van der Waals surface area contributed by atoms with Crippen LogP contribution in [0.3, 0.4) is 0 Å². The van der Waals surface area contributed by atoms with Crippen LogP contribution in [0.2, 0.25) is 0 Å². The third-order valence-corrected chi connectivity index (χ3v) is 4.23. The number of carbonyl (C=O) groups excluding carboxylic acids is 1. The van der Waals surface area contributed by atoms with Gasteiger partial charge in [0.15, 0.2) is 0 Å². The number of rotatable bonds is 16. The van der Waals surface area contributed by atoms with Crippen molar-refractivity contribution in [1.82, 2.24) is 10.2 Å². The molecule has 23 heavy (non-hydrogen) atoms. The van der Waals surface area contributed by atoms with Gasteiger partial charge in [-0.25, -0.2) is 0 Å². The van der Waals surface area contributed by atoms with Crippen LogP contribution in [0.25, 0.3) is 0 Å². The maximum Gasteiger partial charge on any atom is 0.246 e. The van der Waals surface area contributed by atoms with Gasteiger partial charge in [0.2, 0.25) is 5.91 Å². The molecule has 3 nitrogen and oxygen atoms in total. The first-order chi connectivity index (χ1) is 11.1. The molecule has 0 heterocycles. The highest BCUT2D eigenvalue weighted by Gasteiger charge is 2.05. The molecule has 0 rings (SSSR count). The lowest BCUT2D eigenvalue weighted by molar-refractivity contribution is -0.117. The Bertz CT molecular complexity index is 290. The molecule has 0 aliphatic heterocycles. The van der Waals surface area contributed by atoms with Crippen molar-refractivity contribution >= 4 is 5.91 Å². The van der Waals surface area contributed by atoms with Gasteiger partial charge in [0.05, 0.1) is 0 Å². The van der Waals surface area contributed by atoms with Crippen molar-refractivity contribution in [1.29, 1.82) is 0 Å². The van der Waals surface area contributed by atoms with Gasteiger partial charge in [0, 0.05) is 12.1 Å². The molecule has 1 N–H and O–H groups in total. The Balaban J connectivity index is 3.84.